The van der Waals surface area contributed by atoms with Gasteiger partial charge in [-0.3, -0.25) is 4.79 Å². The first-order valence-electron chi connectivity index (χ1n) is 7.71. The lowest BCUT2D eigenvalue weighted by molar-refractivity contribution is 0.0525. The monoisotopic (exact) mass is 375 g/mol. The molecule has 25 heavy (non-hydrogen) atoms. The lowest BCUT2D eigenvalue weighted by Crippen LogP contribution is -2.20. The first-order chi connectivity index (χ1) is 11.9. The molecule has 0 bridgehead atoms. The van der Waals surface area contributed by atoms with Gasteiger partial charge in [0.25, 0.3) is 0 Å². The van der Waals surface area contributed by atoms with Crippen LogP contribution in [0.5, 0.6) is 0 Å². The van der Waals surface area contributed by atoms with Crippen LogP contribution in [0.4, 0.5) is 0 Å². The van der Waals surface area contributed by atoms with E-state index in [0.717, 1.165) is 5.56 Å². The van der Waals surface area contributed by atoms with Crippen molar-refractivity contribution in [2.45, 2.75) is 13.8 Å². The zero-order valence-electron chi connectivity index (χ0n) is 13.7. The molecule has 1 aromatic heterocycles. The summed E-state index contributed by atoms with van der Waals surface area (Å²) in [7, 11) is 0. The molecule has 0 saturated carbocycles. The molecule has 0 saturated heterocycles. The van der Waals surface area contributed by atoms with Crippen LogP contribution in [-0.2, 0) is 4.74 Å². The Balaban J connectivity index is 2.40. The van der Waals surface area contributed by atoms with Gasteiger partial charge in [-0.05, 0) is 44.2 Å². The summed E-state index contributed by atoms with van der Waals surface area (Å²) in [6.45, 7) is 3.73. The summed E-state index contributed by atoms with van der Waals surface area (Å²) in [4.78, 5) is 28.6. The molecule has 128 valence electrons. The minimum absolute atomic E-state index is 0.0656. The second-order valence-electron chi connectivity index (χ2n) is 5.60. The highest BCUT2D eigenvalue weighted by molar-refractivity contribution is 6.36. The second kappa shape index (κ2) is 6.90. The Kier molecular flexibility index (Phi) is 4.84. The Morgan fingerprint density at radius 3 is 2.60 bits per heavy atom. The number of fused-ring (bicyclic) bond motifs is 1. The number of rotatable bonds is 3. The molecule has 0 atom stereocenters. The predicted molar refractivity (Wildman–Crippen MR) is 101 cm³/mol. The summed E-state index contributed by atoms with van der Waals surface area (Å²) in [6.07, 6.45) is 0. The van der Waals surface area contributed by atoms with Crippen molar-refractivity contribution in [3.63, 3.8) is 0 Å². The van der Waals surface area contributed by atoms with Crippen LogP contribution in [-0.4, -0.2) is 17.6 Å². The van der Waals surface area contributed by atoms with Crippen LogP contribution in [0, 0.1) is 6.92 Å². The maximum Gasteiger partial charge on any atom is 0.344 e. The summed E-state index contributed by atoms with van der Waals surface area (Å²) in [6, 6.07) is 10.3. The molecule has 0 aliphatic carbocycles. The van der Waals surface area contributed by atoms with Crippen molar-refractivity contribution in [2.75, 3.05) is 6.61 Å². The molecule has 0 fully saturated rings. The molecular weight excluding hydrogens is 361 g/mol. The van der Waals surface area contributed by atoms with Crippen molar-refractivity contribution >= 4 is 40.1 Å². The van der Waals surface area contributed by atoms with Crippen molar-refractivity contribution in [3.05, 3.63) is 67.8 Å². The van der Waals surface area contributed by atoms with Gasteiger partial charge >= 0.3 is 5.97 Å². The number of aryl methyl sites for hydroxylation is 1. The SMILES string of the molecule is CCOC(=O)c1c(-c2ccc(Cl)cc2Cl)[nH]c2ccc(C)cc2c1=O. The molecule has 0 radical (unpaired) electrons. The highest BCUT2D eigenvalue weighted by Crippen LogP contribution is 2.32. The van der Waals surface area contributed by atoms with Crippen molar-refractivity contribution < 1.29 is 9.53 Å². The van der Waals surface area contributed by atoms with Gasteiger partial charge in [0, 0.05) is 21.5 Å². The van der Waals surface area contributed by atoms with Gasteiger partial charge in [0.1, 0.15) is 5.56 Å². The summed E-state index contributed by atoms with van der Waals surface area (Å²) in [5.41, 5.74) is 1.91. The minimum Gasteiger partial charge on any atom is -0.462 e. The second-order valence-corrected chi connectivity index (χ2v) is 6.44. The van der Waals surface area contributed by atoms with Crippen LogP contribution < -0.4 is 5.43 Å². The number of carbonyl (C=O) groups is 1. The van der Waals surface area contributed by atoms with E-state index < -0.39 is 11.4 Å². The normalized spacial score (nSPS) is 10.9. The quantitative estimate of drug-likeness (QED) is 0.656. The Labute approximate surface area is 154 Å². The number of esters is 1. The van der Waals surface area contributed by atoms with Crippen LogP contribution in [0.15, 0.2) is 41.2 Å². The van der Waals surface area contributed by atoms with E-state index in [1.54, 1.807) is 37.3 Å². The lowest BCUT2D eigenvalue weighted by atomic mass is 10.0. The smallest absolute Gasteiger partial charge is 0.344 e. The van der Waals surface area contributed by atoms with Gasteiger partial charge < -0.3 is 9.72 Å². The molecule has 3 rings (SSSR count). The molecule has 1 heterocycles. The predicted octanol–water partition coefficient (Wildman–Crippen LogP) is 4.99. The van der Waals surface area contributed by atoms with Crippen molar-refractivity contribution in [1.29, 1.82) is 0 Å². The van der Waals surface area contributed by atoms with E-state index in [0.29, 0.717) is 32.2 Å². The summed E-state index contributed by atoms with van der Waals surface area (Å²) < 4.78 is 5.09. The number of hydrogen-bond donors (Lipinski definition) is 1. The fraction of sp³-hybridized carbons (Fsp3) is 0.158. The number of pyridine rings is 1. The minimum atomic E-state index is -0.687. The number of aromatic amines is 1. The maximum absolute atomic E-state index is 13.0. The Morgan fingerprint density at radius 1 is 1.16 bits per heavy atom. The number of hydrogen-bond acceptors (Lipinski definition) is 3. The molecular formula is C19H15Cl2NO3. The molecule has 4 nitrogen and oxygen atoms in total. The molecule has 0 unspecified atom stereocenters. The highest BCUT2D eigenvalue weighted by Gasteiger charge is 2.22. The van der Waals surface area contributed by atoms with E-state index in [1.165, 1.54) is 0 Å². The zero-order chi connectivity index (χ0) is 18.1. The van der Waals surface area contributed by atoms with Gasteiger partial charge in [-0.1, -0.05) is 34.8 Å². The molecule has 0 amide bonds. The third-order valence-electron chi connectivity index (χ3n) is 3.84. The molecule has 6 heteroatoms. The van der Waals surface area contributed by atoms with Crippen LogP contribution in [0.2, 0.25) is 10.0 Å². The van der Waals surface area contributed by atoms with Gasteiger partial charge in [0.15, 0.2) is 0 Å². The van der Waals surface area contributed by atoms with Crippen molar-refractivity contribution in [3.8, 4) is 11.3 Å². The molecule has 3 aromatic rings. The third-order valence-corrected chi connectivity index (χ3v) is 4.38. The standard InChI is InChI=1S/C19H15Cl2NO3/c1-3-25-19(24)16-17(12-6-5-11(20)9-14(12)21)22-15-7-4-10(2)8-13(15)18(16)23/h4-9H,3H2,1-2H3,(H,22,23). The van der Waals surface area contributed by atoms with E-state index in [9.17, 15) is 9.59 Å². The van der Waals surface area contributed by atoms with Crippen molar-refractivity contribution in [1.82, 2.24) is 4.98 Å². The fourth-order valence-electron chi connectivity index (χ4n) is 2.69. The first kappa shape index (κ1) is 17.5. The van der Waals surface area contributed by atoms with E-state index in [2.05, 4.69) is 4.98 Å². The average Bonchev–Trinajstić information content (AvgIpc) is 2.55. The Bertz CT molecular complexity index is 1040. The summed E-state index contributed by atoms with van der Waals surface area (Å²) in [5.74, 6) is -0.687. The summed E-state index contributed by atoms with van der Waals surface area (Å²) in [5, 5.41) is 1.22. The van der Waals surface area contributed by atoms with E-state index in [1.807, 2.05) is 13.0 Å². The highest BCUT2D eigenvalue weighted by atomic mass is 35.5. The van der Waals surface area contributed by atoms with E-state index >= 15 is 0 Å². The number of nitrogens with one attached hydrogen (secondary N) is 1. The molecule has 1 N–H and O–H groups in total. The van der Waals surface area contributed by atoms with Gasteiger partial charge in [-0.15, -0.1) is 0 Å². The molecule has 0 aliphatic rings. The van der Waals surface area contributed by atoms with Gasteiger partial charge in [-0.25, -0.2) is 4.79 Å². The van der Waals surface area contributed by atoms with Gasteiger partial charge in [0.05, 0.1) is 17.3 Å². The lowest BCUT2D eigenvalue weighted by Gasteiger charge is -2.13. The number of carbonyl (C=O) groups excluding carboxylic acids is 1. The zero-order valence-corrected chi connectivity index (χ0v) is 15.2. The van der Waals surface area contributed by atoms with Crippen LogP contribution in [0.25, 0.3) is 22.2 Å². The van der Waals surface area contributed by atoms with E-state index in [4.69, 9.17) is 27.9 Å². The van der Waals surface area contributed by atoms with E-state index in [-0.39, 0.29) is 12.2 Å². The maximum atomic E-state index is 13.0. The number of aromatic nitrogens is 1. The third kappa shape index (κ3) is 3.28. The largest absolute Gasteiger partial charge is 0.462 e. The first-order valence-corrected chi connectivity index (χ1v) is 8.47. The number of ether oxygens (including phenoxy) is 1. The number of H-pyrrole nitrogens is 1. The van der Waals surface area contributed by atoms with Crippen molar-refractivity contribution in [2.24, 2.45) is 0 Å². The van der Waals surface area contributed by atoms with Gasteiger partial charge in [0.2, 0.25) is 5.43 Å². The molecule has 0 spiro atoms. The average molecular weight is 376 g/mol. The van der Waals surface area contributed by atoms with Crippen LogP contribution >= 0.6 is 23.2 Å². The summed E-state index contributed by atoms with van der Waals surface area (Å²) >= 11 is 12.2. The Morgan fingerprint density at radius 2 is 1.92 bits per heavy atom. The molecule has 2 aromatic carbocycles. The Hall–Kier alpha value is -2.30. The molecule has 0 aliphatic heterocycles. The fourth-order valence-corrected chi connectivity index (χ4v) is 3.20. The van der Waals surface area contributed by atoms with Crippen LogP contribution in [0.3, 0.4) is 0 Å². The van der Waals surface area contributed by atoms with Gasteiger partial charge in [-0.2, -0.15) is 0 Å². The number of benzene rings is 2. The number of halogens is 2. The topological polar surface area (TPSA) is 59.2 Å². The van der Waals surface area contributed by atoms with Crippen LogP contribution in [0.1, 0.15) is 22.8 Å².